The van der Waals surface area contributed by atoms with Gasteiger partial charge in [0.15, 0.2) is 0 Å². The molecule has 106 valence electrons. The molecule has 1 aromatic heterocycles. The van der Waals surface area contributed by atoms with Crippen LogP contribution in [-0.4, -0.2) is 17.3 Å². The Labute approximate surface area is 113 Å². The fraction of sp³-hybridized carbons (Fsp3) is 0.357. The van der Waals surface area contributed by atoms with Crippen LogP contribution in [0.15, 0.2) is 29.1 Å². The Morgan fingerprint density at radius 1 is 1.20 bits per heavy atom. The number of hydrogen-bond donors (Lipinski definition) is 1. The van der Waals surface area contributed by atoms with Crippen LogP contribution in [0.2, 0.25) is 0 Å². The first-order valence-electron chi connectivity index (χ1n) is 6.42. The summed E-state index contributed by atoms with van der Waals surface area (Å²) in [4.78, 5) is 11.8. The number of halogens is 3. The van der Waals surface area contributed by atoms with Crippen molar-refractivity contribution in [2.75, 3.05) is 11.9 Å². The second-order valence-electron chi connectivity index (χ2n) is 4.89. The van der Waals surface area contributed by atoms with Gasteiger partial charge in [-0.15, -0.1) is 0 Å². The Balaban J connectivity index is 2.11. The largest absolute Gasteiger partial charge is 0.390 e. The third-order valence-corrected chi connectivity index (χ3v) is 3.59. The molecule has 2 aromatic rings. The molecule has 0 saturated carbocycles. The van der Waals surface area contributed by atoms with Crippen molar-refractivity contribution in [1.82, 2.24) is 4.57 Å². The Kier molecular flexibility index (Phi) is 2.96. The number of hydrogen-bond acceptors (Lipinski definition) is 2. The van der Waals surface area contributed by atoms with E-state index in [-0.39, 0.29) is 6.54 Å². The van der Waals surface area contributed by atoms with Gasteiger partial charge in [0.2, 0.25) is 0 Å². The first-order chi connectivity index (χ1) is 9.46. The lowest BCUT2D eigenvalue weighted by Gasteiger charge is -2.13. The summed E-state index contributed by atoms with van der Waals surface area (Å²) < 4.78 is 38.3. The number of pyridine rings is 1. The van der Waals surface area contributed by atoms with Crippen LogP contribution in [0.4, 0.5) is 18.9 Å². The van der Waals surface area contributed by atoms with Crippen molar-refractivity contribution in [2.45, 2.75) is 25.6 Å². The average molecular weight is 282 g/mol. The molecule has 1 N–H and O–H groups in total. The first-order valence-corrected chi connectivity index (χ1v) is 6.42. The van der Waals surface area contributed by atoms with Gasteiger partial charge >= 0.3 is 6.18 Å². The average Bonchev–Trinajstić information content (AvgIpc) is 2.84. The highest BCUT2D eigenvalue weighted by Crippen LogP contribution is 2.30. The lowest BCUT2D eigenvalue weighted by atomic mass is 10.1. The molecule has 0 saturated heterocycles. The van der Waals surface area contributed by atoms with Crippen LogP contribution in [0.25, 0.3) is 10.9 Å². The molecule has 0 aliphatic carbocycles. The molecule has 1 aromatic carbocycles. The first kappa shape index (κ1) is 13.0. The Bertz CT molecular complexity index is 719. The molecule has 1 aliphatic rings. The van der Waals surface area contributed by atoms with Gasteiger partial charge < -0.3 is 9.88 Å². The van der Waals surface area contributed by atoms with Gasteiger partial charge in [-0.25, -0.2) is 0 Å². The van der Waals surface area contributed by atoms with Gasteiger partial charge in [0.25, 0.3) is 5.56 Å². The highest BCUT2D eigenvalue weighted by atomic mass is 19.4. The van der Waals surface area contributed by atoms with Crippen molar-refractivity contribution in [3.63, 3.8) is 0 Å². The van der Waals surface area contributed by atoms with Crippen molar-refractivity contribution < 1.29 is 13.2 Å². The van der Waals surface area contributed by atoms with Gasteiger partial charge in [0.05, 0.1) is 11.9 Å². The number of rotatable bonds is 2. The predicted molar refractivity (Wildman–Crippen MR) is 71.1 cm³/mol. The minimum absolute atomic E-state index is 0.341. The summed E-state index contributed by atoms with van der Waals surface area (Å²) >= 11 is 0. The van der Waals surface area contributed by atoms with Crippen molar-refractivity contribution in [3.8, 4) is 0 Å². The number of aryl methyl sites for hydroxylation is 1. The number of benzene rings is 1. The molecule has 3 nitrogen and oxygen atoms in total. The van der Waals surface area contributed by atoms with Crippen LogP contribution in [0.5, 0.6) is 0 Å². The van der Waals surface area contributed by atoms with E-state index in [4.69, 9.17) is 0 Å². The second kappa shape index (κ2) is 4.54. The zero-order chi connectivity index (χ0) is 14.3. The summed E-state index contributed by atoms with van der Waals surface area (Å²) in [7, 11) is 0. The molecule has 0 amide bonds. The van der Waals surface area contributed by atoms with Gasteiger partial charge in [0, 0.05) is 30.2 Å². The number of fused-ring (bicyclic) bond motifs is 3. The third kappa shape index (κ3) is 2.26. The summed E-state index contributed by atoms with van der Waals surface area (Å²) in [6.07, 6.45) is -4.44. The second-order valence-corrected chi connectivity index (χ2v) is 4.89. The molecule has 3 rings (SSSR count). The number of aromatic nitrogens is 1. The van der Waals surface area contributed by atoms with Crippen molar-refractivity contribution in [1.29, 1.82) is 0 Å². The smallest absolute Gasteiger partial charge is 0.384 e. The zero-order valence-electron chi connectivity index (χ0n) is 10.6. The van der Waals surface area contributed by atoms with Gasteiger partial charge in [-0.2, -0.15) is 13.2 Å². The van der Waals surface area contributed by atoms with Crippen LogP contribution in [-0.2, 0) is 13.0 Å². The van der Waals surface area contributed by atoms with Crippen LogP contribution < -0.4 is 10.9 Å². The molecule has 0 bridgehead atoms. The van der Waals surface area contributed by atoms with E-state index in [9.17, 15) is 18.0 Å². The predicted octanol–water partition coefficient (Wildman–Crippen LogP) is 2.92. The normalized spacial score (nSPS) is 14.3. The maximum atomic E-state index is 12.4. The highest BCUT2D eigenvalue weighted by Gasteiger charge is 2.27. The van der Waals surface area contributed by atoms with E-state index in [1.807, 2.05) is 6.07 Å². The Morgan fingerprint density at radius 2 is 2.00 bits per heavy atom. The van der Waals surface area contributed by atoms with Crippen molar-refractivity contribution >= 4 is 16.6 Å². The molecule has 0 unspecified atom stereocenters. The molecule has 0 fully saturated rings. The van der Waals surface area contributed by atoms with Crippen molar-refractivity contribution in [3.05, 3.63) is 40.2 Å². The molecule has 1 aliphatic heterocycles. The topological polar surface area (TPSA) is 34.0 Å². The molecule has 0 atom stereocenters. The van der Waals surface area contributed by atoms with Crippen LogP contribution in [0.3, 0.4) is 0 Å². The minimum Gasteiger partial charge on any atom is -0.384 e. The highest BCUT2D eigenvalue weighted by molar-refractivity contribution is 5.88. The van der Waals surface area contributed by atoms with E-state index in [1.54, 1.807) is 12.1 Å². The van der Waals surface area contributed by atoms with Gasteiger partial charge in [-0.05, 0) is 30.2 Å². The number of anilines is 1. The standard InChI is InChI=1S/C14H13F3N2O/c15-14(16,17)6-8-19-12-3-2-11-9(5-7-18-11)10(12)1-4-13(19)20/h1-4,18H,5-8H2. The summed E-state index contributed by atoms with van der Waals surface area (Å²) in [5.41, 5.74) is 2.25. The SMILES string of the molecule is O=c1ccc2c3c(ccc2n1CCC(F)(F)F)NCC3. The molecule has 6 heteroatoms. The molecular weight excluding hydrogens is 269 g/mol. The number of alkyl halides is 3. The quantitative estimate of drug-likeness (QED) is 0.919. The Hall–Kier alpha value is -1.98. The van der Waals surface area contributed by atoms with Gasteiger partial charge in [0.1, 0.15) is 0 Å². The number of nitrogens with one attached hydrogen (secondary N) is 1. The van der Waals surface area contributed by atoms with E-state index in [1.165, 1.54) is 10.6 Å². The molecule has 0 radical (unpaired) electrons. The van der Waals surface area contributed by atoms with Crippen LogP contribution in [0, 0.1) is 0 Å². The fourth-order valence-electron chi connectivity index (χ4n) is 2.66. The van der Waals surface area contributed by atoms with E-state index in [2.05, 4.69) is 5.32 Å². The van der Waals surface area contributed by atoms with E-state index in [0.717, 1.165) is 29.6 Å². The summed E-state index contributed by atoms with van der Waals surface area (Å²) in [5, 5.41) is 4.07. The maximum absolute atomic E-state index is 12.4. The lowest BCUT2D eigenvalue weighted by molar-refractivity contribution is -0.136. The van der Waals surface area contributed by atoms with Crippen LogP contribution in [0.1, 0.15) is 12.0 Å². The molecule has 20 heavy (non-hydrogen) atoms. The molecule has 2 heterocycles. The summed E-state index contributed by atoms with van der Waals surface area (Å²) in [6.45, 7) is 0.474. The third-order valence-electron chi connectivity index (χ3n) is 3.59. The Morgan fingerprint density at radius 3 is 2.75 bits per heavy atom. The lowest BCUT2D eigenvalue weighted by Crippen LogP contribution is -2.23. The summed E-state index contributed by atoms with van der Waals surface area (Å²) in [5.74, 6) is 0. The zero-order valence-corrected chi connectivity index (χ0v) is 10.6. The summed E-state index contributed by atoms with van der Waals surface area (Å²) in [6, 6.07) is 6.59. The molecule has 0 spiro atoms. The van der Waals surface area contributed by atoms with Crippen molar-refractivity contribution in [2.24, 2.45) is 0 Å². The van der Waals surface area contributed by atoms with E-state index in [0.29, 0.717) is 5.52 Å². The van der Waals surface area contributed by atoms with Crippen LogP contribution >= 0.6 is 0 Å². The van der Waals surface area contributed by atoms with Gasteiger partial charge in [-0.3, -0.25) is 4.79 Å². The van der Waals surface area contributed by atoms with E-state index >= 15 is 0 Å². The maximum Gasteiger partial charge on any atom is 0.390 e. The minimum atomic E-state index is -4.26. The van der Waals surface area contributed by atoms with E-state index < -0.39 is 18.2 Å². The number of nitrogens with zero attached hydrogens (tertiary/aromatic N) is 1. The monoisotopic (exact) mass is 282 g/mol. The van der Waals surface area contributed by atoms with Gasteiger partial charge in [-0.1, -0.05) is 0 Å². The fourth-order valence-corrected chi connectivity index (χ4v) is 2.66. The molecular formula is C14H13F3N2O.